The molecule has 2 rings (SSSR count). The normalized spacial score (nSPS) is 10.6. The first-order valence-electron chi connectivity index (χ1n) is 8.96. The van der Waals surface area contributed by atoms with Crippen molar-refractivity contribution in [2.24, 2.45) is 0 Å². The summed E-state index contributed by atoms with van der Waals surface area (Å²) in [5.74, 6) is -0.0688. The van der Waals surface area contributed by atoms with Crippen molar-refractivity contribution in [1.29, 1.82) is 0 Å². The van der Waals surface area contributed by atoms with Crippen molar-refractivity contribution in [2.45, 2.75) is 47.0 Å². The zero-order valence-corrected chi connectivity index (χ0v) is 15.9. The van der Waals surface area contributed by atoms with E-state index < -0.39 is 0 Å². The minimum Gasteiger partial charge on any atom is -0.484 e. The van der Waals surface area contributed by atoms with Crippen LogP contribution >= 0.6 is 0 Å². The summed E-state index contributed by atoms with van der Waals surface area (Å²) in [6.07, 6.45) is 2.69. The Labute approximate surface area is 154 Å². The zero-order chi connectivity index (χ0) is 19.1. The number of hydrogen-bond donors (Lipinski definition) is 0. The van der Waals surface area contributed by atoms with Crippen LogP contribution in [0.5, 0.6) is 5.75 Å². The Morgan fingerprint density at radius 3 is 2.38 bits per heavy atom. The molecule has 0 saturated carbocycles. The Balaban J connectivity index is 1.97. The minimum absolute atomic E-state index is 0.118. The smallest absolute Gasteiger partial charge is 0.338 e. The second-order valence-corrected chi connectivity index (χ2v) is 6.15. The number of rotatable bonds is 8. The van der Waals surface area contributed by atoms with Crippen LogP contribution in [0.25, 0.3) is 0 Å². The van der Waals surface area contributed by atoms with Crippen molar-refractivity contribution in [3.63, 3.8) is 0 Å². The number of nitrogens with zero attached hydrogens (tertiary/aromatic N) is 2. The lowest BCUT2D eigenvalue weighted by molar-refractivity contribution is 0.0504. The summed E-state index contributed by atoms with van der Waals surface area (Å²) in [5, 5.41) is 4.33. The lowest BCUT2D eigenvalue weighted by atomic mass is 10.1. The van der Waals surface area contributed by atoms with Crippen LogP contribution in [0, 0.1) is 13.8 Å². The predicted molar refractivity (Wildman–Crippen MR) is 98.8 cm³/mol. The molecule has 1 aromatic heterocycles. The predicted octanol–water partition coefficient (Wildman–Crippen LogP) is 3.74. The van der Waals surface area contributed by atoms with Gasteiger partial charge in [-0.25, -0.2) is 9.48 Å². The Hall–Kier alpha value is -2.63. The Bertz CT molecular complexity index is 763. The van der Waals surface area contributed by atoms with Gasteiger partial charge in [0.05, 0.1) is 17.9 Å². The number of esters is 1. The van der Waals surface area contributed by atoms with Crippen LogP contribution in [-0.4, -0.2) is 34.9 Å². The fourth-order valence-electron chi connectivity index (χ4n) is 2.70. The summed E-state index contributed by atoms with van der Waals surface area (Å²) in [5.41, 5.74) is 3.33. The highest BCUT2D eigenvalue weighted by Gasteiger charge is 2.16. The molecule has 0 aliphatic heterocycles. The van der Waals surface area contributed by atoms with Gasteiger partial charge in [0.1, 0.15) is 5.75 Å². The van der Waals surface area contributed by atoms with E-state index in [-0.39, 0.29) is 18.5 Å². The molecule has 0 bridgehead atoms. The van der Waals surface area contributed by atoms with Crippen LogP contribution in [-0.2, 0) is 11.2 Å². The first-order chi connectivity index (χ1) is 12.5. The molecule has 6 nitrogen and oxygen atoms in total. The summed E-state index contributed by atoms with van der Waals surface area (Å²) in [6.45, 7) is 8.14. The average Bonchev–Trinajstić information content (AvgIpc) is 2.93. The third-order valence-corrected chi connectivity index (χ3v) is 4.07. The largest absolute Gasteiger partial charge is 0.484 e. The molecule has 0 N–H and O–H groups in total. The van der Waals surface area contributed by atoms with Gasteiger partial charge in [0.2, 0.25) is 0 Å². The summed E-state index contributed by atoms with van der Waals surface area (Å²) < 4.78 is 12.0. The van der Waals surface area contributed by atoms with Gasteiger partial charge in [-0.15, -0.1) is 0 Å². The van der Waals surface area contributed by atoms with Gasteiger partial charge in [0.15, 0.2) is 6.61 Å². The topological polar surface area (TPSA) is 70.4 Å². The summed E-state index contributed by atoms with van der Waals surface area (Å²) in [7, 11) is 0. The standard InChI is InChI=1S/C20H26N2O4/c1-5-7-18-14(3)21-22(15(18)4)19(23)13-26-17-10-8-16(9-11-17)20(24)25-12-6-2/h8-11H,5-7,12-13H2,1-4H3. The third kappa shape index (κ3) is 4.71. The SMILES string of the molecule is CCCOC(=O)c1ccc(OCC(=O)n2nc(C)c(CCC)c2C)cc1. The van der Waals surface area contributed by atoms with Crippen LogP contribution in [0.2, 0.25) is 0 Å². The molecule has 26 heavy (non-hydrogen) atoms. The third-order valence-electron chi connectivity index (χ3n) is 4.07. The summed E-state index contributed by atoms with van der Waals surface area (Å²) in [6, 6.07) is 6.56. The van der Waals surface area contributed by atoms with E-state index in [1.807, 2.05) is 20.8 Å². The van der Waals surface area contributed by atoms with Crippen LogP contribution in [0.15, 0.2) is 24.3 Å². The highest BCUT2D eigenvalue weighted by atomic mass is 16.5. The average molecular weight is 358 g/mol. The van der Waals surface area contributed by atoms with Gasteiger partial charge in [-0.1, -0.05) is 20.3 Å². The first-order valence-corrected chi connectivity index (χ1v) is 8.96. The molecular weight excluding hydrogens is 332 g/mol. The quantitative estimate of drug-likeness (QED) is 0.672. The summed E-state index contributed by atoms with van der Waals surface area (Å²) >= 11 is 0. The van der Waals surface area contributed by atoms with E-state index in [1.165, 1.54) is 4.68 Å². The van der Waals surface area contributed by atoms with Crippen LogP contribution < -0.4 is 4.74 Å². The number of aromatic nitrogens is 2. The van der Waals surface area contributed by atoms with Crippen molar-refractivity contribution in [3.05, 3.63) is 46.8 Å². The highest BCUT2D eigenvalue weighted by molar-refractivity contribution is 5.89. The van der Waals surface area contributed by atoms with Gasteiger partial charge >= 0.3 is 5.97 Å². The first kappa shape index (κ1) is 19.7. The van der Waals surface area contributed by atoms with Gasteiger partial charge in [-0.05, 0) is 56.5 Å². The van der Waals surface area contributed by atoms with E-state index in [1.54, 1.807) is 24.3 Å². The van der Waals surface area contributed by atoms with Crippen molar-refractivity contribution < 1.29 is 19.1 Å². The number of carbonyl (C=O) groups is 2. The minimum atomic E-state index is -0.361. The maximum absolute atomic E-state index is 12.4. The molecule has 0 unspecified atom stereocenters. The molecule has 0 saturated heterocycles. The lowest BCUT2D eigenvalue weighted by Crippen LogP contribution is -2.21. The van der Waals surface area contributed by atoms with Gasteiger partial charge in [0, 0.05) is 5.69 Å². The molecule has 0 spiro atoms. The lowest BCUT2D eigenvalue weighted by Gasteiger charge is -2.08. The number of ether oxygens (including phenoxy) is 2. The van der Waals surface area contributed by atoms with Gasteiger partial charge in [-0.3, -0.25) is 4.79 Å². The Kier molecular flexibility index (Phi) is 6.95. The van der Waals surface area contributed by atoms with Crippen LogP contribution in [0.4, 0.5) is 0 Å². The molecule has 2 aromatic rings. The van der Waals surface area contributed by atoms with Crippen molar-refractivity contribution in [2.75, 3.05) is 13.2 Å². The zero-order valence-electron chi connectivity index (χ0n) is 15.9. The van der Waals surface area contributed by atoms with E-state index in [0.717, 1.165) is 36.2 Å². The number of benzene rings is 1. The van der Waals surface area contributed by atoms with E-state index in [4.69, 9.17) is 9.47 Å². The maximum Gasteiger partial charge on any atom is 0.338 e. The fraction of sp³-hybridized carbons (Fsp3) is 0.450. The van der Waals surface area contributed by atoms with Gasteiger partial charge in [0.25, 0.3) is 5.91 Å². The molecule has 0 amide bonds. The van der Waals surface area contributed by atoms with Gasteiger partial charge in [-0.2, -0.15) is 5.10 Å². The molecule has 0 fully saturated rings. The van der Waals surface area contributed by atoms with E-state index in [2.05, 4.69) is 12.0 Å². The molecule has 0 aliphatic carbocycles. The maximum atomic E-state index is 12.4. The highest BCUT2D eigenvalue weighted by Crippen LogP contribution is 2.16. The number of hydrogen-bond acceptors (Lipinski definition) is 5. The molecular formula is C20H26N2O4. The second-order valence-electron chi connectivity index (χ2n) is 6.15. The fourth-order valence-corrected chi connectivity index (χ4v) is 2.70. The molecule has 1 heterocycles. The van der Waals surface area contributed by atoms with Crippen molar-refractivity contribution >= 4 is 11.9 Å². The second kappa shape index (κ2) is 9.17. The van der Waals surface area contributed by atoms with E-state index in [9.17, 15) is 9.59 Å². The molecule has 1 aromatic carbocycles. The van der Waals surface area contributed by atoms with E-state index in [0.29, 0.717) is 17.9 Å². The molecule has 0 aliphatic rings. The Morgan fingerprint density at radius 1 is 1.08 bits per heavy atom. The monoisotopic (exact) mass is 358 g/mol. The molecule has 0 atom stereocenters. The van der Waals surface area contributed by atoms with E-state index >= 15 is 0 Å². The summed E-state index contributed by atoms with van der Waals surface area (Å²) in [4.78, 5) is 24.2. The van der Waals surface area contributed by atoms with Crippen LogP contribution in [0.1, 0.15) is 58.8 Å². The molecule has 140 valence electrons. The van der Waals surface area contributed by atoms with Gasteiger partial charge < -0.3 is 9.47 Å². The van der Waals surface area contributed by atoms with Crippen LogP contribution in [0.3, 0.4) is 0 Å². The number of aryl methyl sites for hydroxylation is 1. The van der Waals surface area contributed by atoms with Crippen molar-refractivity contribution in [3.8, 4) is 5.75 Å². The molecule has 0 radical (unpaired) electrons. The molecule has 6 heteroatoms. The van der Waals surface area contributed by atoms with Crippen molar-refractivity contribution in [1.82, 2.24) is 9.78 Å². The number of carbonyl (C=O) groups excluding carboxylic acids is 2. The Morgan fingerprint density at radius 2 is 1.77 bits per heavy atom.